The summed E-state index contributed by atoms with van der Waals surface area (Å²) in [5.74, 6) is 0.727. The van der Waals surface area contributed by atoms with Gasteiger partial charge in [-0.05, 0) is 13.8 Å². The third-order valence-electron chi connectivity index (χ3n) is 4.07. The first kappa shape index (κ1) is 12.1. The van der Waals surface area contributed by atoms with E-state index < -0.39 is 5.54 Å². The monoisotopic (exact) mass is 260 g/mol. The van der Waals surface area contributed by atoms with Gasteiger partial charge < -0.3 is 5.32 Å². The van der Waals surface area contributed by atoms with Crippen LogP contribution in [0.2, 0.25) is 0 Å². The molecule has 1 N–H and O–H groups in total. The van der Waals surface area contributed by atoms with Crippen LogP contribution in [0.5, 0.6) is 0 Å². The van der Waals surface area contributed by atoms with Gasteiger partial charge in [0.05, 0.1) is 13.0 Å². The van der Waals surface area contributed by atoms with Gasteiger partial charge in [-0.2, -0.15) is 0 Å². The standard InChI is InChI=1S/C12H16N6O/c1-8(2)17-6-12(4-9(17)13-3)11(19)14-5-10-16-15-7-18(10)12/h7-9H,4-6H2,1-2H3,(H,14,19)/t9-,12+/m0/s1. The molecule has 0 unspecified atom stereocenters. The Hall–Kier alpha value is -1.94. The van der Waals surface area contributed by atoms with Crippen molar-refractivity contribution in [2.75, 3.05) is 6.54 Å². The van der Waals surface area contributed by atoms with Gasteiger partial charge in [0, 0.05) is 12.6 Å². The van der Waals surface area contributed by atoms with Crippen molar-refractivity contribution in [1.82, 2.24) is 25.0 Å². The summed E-state index contributed by atoms with van der Waals surface area (Å²) in [5, 5.41) is 10.8. The first-order valence-electron chi connectivity index (χ1n) is 6.38. The number of carbonyl (C=O) groups excluding carboxylic acids is 1. The molecule has 0 radical (unpaired) electrons. The van der Waals surface area contributed by atoms with Crippen LogP contribution in [0.4, 0.5) is 0 Å². The number of carbonyl (C=O) groups is 1. The molecule has 7 heteroatoms. The van der Waals surface area contributed by atoms with E-state index >= 15 is 0 Å². The van der Waals surface area contributed by atoms with Crippen LogP contribution < -0.4 is 5.32 Å². The summed E-state index contributed by atoms with van der Waals surface area (Å²) in [7, 11) is 0. The normalized spacial score (nSPS) is 30.4. The van der Waals surface area contributed by atoms with Gasteiger partial charge in [0.1, 0.15) is 11.9 Å². The van der Waals surface area contributed by atoms with Gasteiger partial charge >= 0.3 is 0 Å². The summed E-state index contributed by atoms with van der Waals surface area (Å²) in [5.41, 5.74) is -0.726. The summed E-state index contributed by atoms with van der Waals surface area (Å²) in [6, 6.07) is 0.230. The Balaban J connectivity index is 2.06. The minimum atomic E-state index is -0.726. The van der Waals surface area contributed by atoms with E-state index in [1.54, 1.807) is 6.33 Å². The third-order valence-corrected chi connectivity index (χ3v) is 4.07. The predicted molar refractivity (Wildman–Crippen MR) is 66.7 cm³/mol. The fourth-order valence-corrected chi connectivity index (χ4v) is 3.05. The average molecular weight is 260 g/mol. The van der Waals surface area contributed by atoms with Crippen molar-refractivity contribution in [3.63, 3.8) is 0 Å². The number of fused-ring (bicyclic) bond motifs is 2. The van der Waals surface area contributed by atoms with E-state index in [0.29, 0.717) is 19.5 Å². The molecule has 0 saturated carbocycles. The maximum Gasteiger partial charge on any atom is 0.282 e. The van der Waals surface area contributed by atoms with Crippen LogP contribution in [-0.4, -0.2) is 44.3 Å². The van der Waals surface area contributed by atoms with Gasteiger partial charge in [-0.15, -0.1) is 10.2 Å². The van der Waals surface area contributed by atoms with Crippen molar-refractivity contribution >= 4 is 5.91 Å². The van der Waals surface area contributed by atoms with Crippen LogP contribution in [0, 0.1) is 6.57 Å². The van der Waals surface area contributed by atoms with Crippen molar-refractivity contribution in [2.24, 2.45) is 0 Å². The molecule has 7 nitrogen and oxygen atoms in total. The summed E-state index contributed by atoms with van der Waals surface area (Å²) in [6.45, 7) is 12.4. The SMILES string of the molecule is [C-]#[N+][C@@H]1C[C@@]2(CN1C(C)C)C(=O)NCc1nncn12. The van der Waals surface area contributed by atoms with E-state index in [2.05, 4.69) is 25.3 Å². The molecule has 1 spiro atoms. The van der Waals surface area contributed by atoms with Crippen molar-refractivity contribution in [2.45, 2.75) is 44.6 Å². The quantitative estimate of drug-likeness (QED) is 0.720. The Labute approximate surface area is 111 Å². The Morgan fingerprint density at radius 2 is 2.42 bits per heavy atom. The van der Waals surface area contributed by atoms with Crippen LogP contribution in [0.25, 0.3) is 4.85 Å². The molecule has 2 aliphatic rings. The van der Waals surface area contributed by atoms with Crippen molar-refractivity contribution in [3.8, 4) is 0 Å². The zero-order chi connectivity index (χ0) is 13.6. The predicted octanol–water partition coefficient (Wildman–Crippen LogP) is -0.0373. The number of nitrogens with zero attached hydrogens (tertiary/aromatic N) is 5. The van der Waals surface area contributed by atoms with Crippen LogP contribution in [-0.2, 0) is 16.9 Å². The number of likely N-dealkylation sites (tertiary alicyclic amines) is 1. The van der Waals surface area contributed by atoms with Crippen molar-refractivity contribution in [1.29, 1.82) is 0 Å². The van der Waals surface area contributed by atoms with E-state index in [1.807, 2.05) is 18.4 Å². The van der Waals surface area contributed by atoms with Crippen molar-refractivity contribution < 1.29 is 4.79 Å². The third kappa shape index (κ3) is 1.56. The molecule has 19 heavy (non-hydrogen) atoms. The van der Waals surface area contributed by atoms with Gasteiger partial charge in [-0.1, -0.05) is 0 Å². The number of amides is 1. The van der Waals surface area contributed by atoms with Gasteiger partial charge in [0.25, 0.3) is 6.17 Å². The summed E-state index contributed by atoms with van der Waals surface area (Å²) in [4.78, 5) is 18.1. The van der Waals surface area contributed by atoms with Crippen molar-refractivity contribution in [3.05, 3.63) is 23.6 Å². The number of hydrogen-bond acceptors (Lipinski definition) is 4. The average Bonchev–Trinajstić information content (AvgIpc) is 3.00. The molecule has 1 aromatic rings. The lowest BCUT2D eigenvalue weighted by Crippen LogP contribution is -2.55. The molecule has 1 aromatic heterocycles. The van der Waals surface area contributed by atoms with Crippen LogP contribution in [0.3, 0.4) is 0 Å². The minimum Gasteiger partial charge on any atom is -0.347 e. The molecule has 2 atom stereocenters. The molecule has 1 saturated heterocycles. The topological polar surface area (TPSA) is 67.4 Å². The molecule has 1 fully saturated rings. The fourth-order valence-electron chi connectivity index (χ4n) is 3.05. The van der Waals surface area contributed by atoms with E-state index in [-0.39, 0.29) is 18.1 Å². The summed E-state index contributed by atoms with van der Waals surface area (Å²) < 4.78 is 1.85. The number of rotatable bonds is 1. The second kappa shape index (κ2) is 4.03. The Morgan fingerprint density at radius 3 is 3.05 bits per heavy atom. The van der Waals surface area contributed by atoms with E-state index in [9.17, 15) is 4.79 Å². The van der Waals surface area contributed by atoms with Gasteiger partial charge in [0.2, 0.25) is 5.91 Å². The lowest BCUT2D eigenvalue weighted by atomic mass is 9.94. The molecule has 3 heterocycles. The zero-order valence-corrected chi connectivity index (χ0v) is 11.0. The second-order valence-corrected chi connectivity index (χ2v) is 5.41. The highest BCUT2D eigenvalue weighted by molar-refractivity contribution is 5.86. The highest BCUT2D eigenvalue weighted by Crippen LogP contribution is 2.38. The molecular weight excluding hydrogens is 244 g/mol. The highest BCUT2D eigenvalue weighted by atomic mass is 16.2. The second-order valence-electron chi connectivity index (χ2n) is 5.41. The first-order chi connectivity index (χ1) is 9.08. The van der Waals surface area contributed by atoms with E-state index in [1.165, 1.54) is 0 Å². The zero-order valence-electron chi connectivity index (χ0n) is 11.0. The maximum atomic E-state index is 12.4. The van der Waals surface area contributed by atoms with Gasteiger partial charge in [-0.3, -0.25) is 14.2 Å². The van der Waals surface area contributed by atoms with Crippen LogP contribution in [0.15, 0.2) is 6.33 Å². The molecular formula is C12H16N6O. The fraction of sp³-hybridized carbons (Fsp3) is 0.667. The molecule has 0 aromatic carbocycles. The van der Waals surface area contributed by atoms with E-state index in [4.69, 9.17) is 6.57 Å². The van der Waals surface area contributed by atoms with Crippen LogP contribution in [0.1, 0.15) is 26.1 Å². The molecule has 100 valence electrons. The Kier molecular flexibility index (Phi) is 2.57. The first-order valence-corrected chi connectivity index (χ1v) is 6.38. The lowest BCUT2D eigenvalue weighted by molar-refractivity contribution is -0.131. The summed E-state index contributed by atoms with van der Waals surface area (Å²) >= 11 is 0. The number of aromatic nitrogens is 3. The molecule has 0 bridgehead atoms. The van der Waals surface area contributed by atoms with Crippen LogP contribution >= 0.6 is 0 Å². The lowest BCUT2D eigenvalue weighted by Gasteiger charge is -2.33. The molecule has 1 amide bonds. The molecule has 0 aliphatic carbocycles. The maximum absolute atomic E-state index is 12.4. The minimum absolute atomic E-state index is 0.0309. The number of nitrogens with one attached hydrogen (secondary N) is 1. The van der Waals surface area contributed by atoms with Gasteiger partial charge in [-0.25, -0.2) is 11.5 Å². The molecule has 3 rings (SSSR count). The van der Waals surface area contributed by atoms with Gasteiger partial charge in [0.15, 0.2) is 5.82 Å². The smallest absolute Gasteiger partial charge is 0.282 e. The largest absolute Gasteiger partial charge is 0.347 e. The Morgan fingerprint density at radius 1 is 1.63 bits per heavy atom. The van der Waals surface area contributed by atoms with E-state index in [0.717, 1.165) is 5.82 Å². The number of hydrogen-bond donors (Lipinski definition) is 1. The highest BCUT2D eigenvalue weighted by Gasteiger charge is 2.56. The summed E-state index contributed by atoms with van der Waals surface area (Å²) in [6.07, 6.45) is 1.84. The molecule has 2 aliphatic heterocycles. The Bertz CT molecular complexity index is 559.